The first kappa shape index (κ1) is 17.9. The van der Waals surface area contributed by atoms with E-state index in [9.17, 15) is 14.0 Å². The number of amidine groups is 1. The summed E-state index contributed by atoms with van der Waals surface area (Å²) in [6, 6.07) is 16.6. The van der Waals surface area contributed by atoms with Crippen molar-refractivity contribution in [2.45, 2.75) is 0 Å². The van der Waals surface area contributed by atoms with Crippen LogP contribution in [-0.2, 0) is 4.39 Å². The van der Waals surface area contributed by atoms with E-state index in [1.165, 1.54) is 11.8 Å². The number of hydroxylamine groups is 1. The molecule has 7 nitrogen and oxygen atoms in total. The minimum Gasteiger partial charge on any atom is -0.213 e. The summed E-state index contributed by atoms with van der Waals surface area (Å²) in [6.07, 6.45) is 5.48. The predicted molar refractivity (Wildman–Crippen MR) is 92.8 cm³/mol. The van der Waals surface area contributed by atoms with Gasteiger partial charge in [0.2, 0.25) is 5.70 Å². The first-order valence-corrected chi connectivity index (χ1v) is 10.4. The van der Waals surface area contributed by atoms with Gasteiger partial charge in [0.25, 0.3) is 0 Å². The summed E-state index contributed by atoms with van der Waals surface area (Å²) in [6.45, 7) is 0. The molecule has 2 aromatic carbocycles. The molecule has 0 radical (unpaired) electrons. The van der Waals surface area contributed by atoms with Crippen LogP contribution in [0.5, 0.6) is 0 Å². The van der Waals surface area contributed by atoms with E-state index in [4.69, 9.17) is 4.39 Å². The van der Waals surface area contributed by atoms with E-state index in [0.29, 0.717) is 22.1 Å². The average Bonchev–Trinajstić information content (AvgIpc) is 2.66. The van der Waals surface area contributed by atoms with Gasteiger partial charge >= 0.3 is 5.84 Å². The number of hydrogen-bond donors (Lipinski definition) is 1. The van der Waals surface area contributed by atoms with Crippen molar-refractivity contribution in [2.75, 3.05) is 6.26 Å². The second-order valence-electron chi connectivity index (χ2n) is 5.70. The molecule has 0 bridgehead atoms. The number of benzene rings is 2. The molecule has 4 rings (SSSR count). The third-order valence-electron chi connectivity index (χ3n) is 4.07. The summed E-state index contributed by atoms with van der Waals surface area (Å²) in [5.74, 6) is 0.386. The van der Waals surface area contributed by atoms with Crippen molar-refractivity contribution in [3.05, 3.63) is 82.5 Å². The highest BCUT2D eigenvalue weighted by atomic mass is 35.7. The van der Waals surface area contributed by atoms with Gasteiger partial charge in [-0.15, -0.1) is 16.8 Å². The molecule has 0 spiro atoms. The maximum Gasteiger partial charge on any atom is 0.368 e. The molecule has 0 aliphatic carbocycles. The Morgan fingerprint density at radius 2 is 1.74 bits per heavy atom. The molecule has 0 unspecified atom stereocenters. The van der Waals surface area contributed by atoms with Crippen molar-refractivity contribution in [1.82, 2.24) is 10.4 Å². The number of fused-ring (bicyclic) bond motifs is 3. The molecule has 138 valence electrons. The van der Waals surface area contributed by atoms with Crippen molar-refractivity contribution in [3.8, 4) is 0 Å². The van der Waals surface area contributed by atoms with Crippen LogP contribution in [0, 0.1) is 10.2 Å². The van der Waals surface area contributed by atoms with E-state index in [1.807, 2.05) is 66.9 Å². The van der Waals surface area contributed by atoms with Crippen molar-refractivity contribution in [1.29, 1.82) is 0 Å². The molecule has 0 aromatic heterocycles. The van der Waals surface area contributed by atoms with E-state index >= 15 is 0 Å². The summed E-state index contributed by atoms with van der Waals surface area (Å²) in [5, 5.41) is 2.26. The third kappa shape index (κ3) is 3.41. The summed E-state index contributed by atoms with van der Waals surface area (Å²) in [5.41, 5.74) is 5.97. The van der Waals surface area contributed by atoms with Crippen LogP contribution in [-0.4, -0.2) is 21.8 Å². The highest BCUT2D eigenvalue weighted by Crippen LogP contribution is 2.32. The smallest absolute Gasteiger partial charge is 0.213 e. The Labute approximate surface area is 162 Å². The van der Waals surface area contributed by atoms with Crippen LogP contribution in [0.2, 0.25) is 0 Å². The van der Waals surface area contributed by atoms with Crippen molar-refractivity contribution in [2.24, 2.45) is 0 Å². The highest BCUT2D eigenvalue weighted by molar-refractivity contribution is 8.02. The quantitative estimate of drug-likeness (QED) is 0.703. The number of hydrogen-bond acceptors (Lipinski definition) is 7. The number of thioether (sulfide) groups is 1. The van der Waals surface area contributed by atoms with Crippen LogP contribution in [0.4, 0.5) is 0 Å². The summed E-state index contributed by atoms with van der Waals surface area (Å²) in [7, 11) is -4.71. The lowest BCUT2D eigenvalue weighted by Crippen LogP contribution is -2.63. The molecule has 0 saturated heterocycles. The van der Waals surface area contributed by atoms with E-state index < -0.39 is 10.2 Å². The molecule has 2 aromatic rings. The molecule has 0 saturated carbocycles. The number of rotatable bonds is 4. The number of halogens is 1. The Morgan fingerprint density at radius 3 is 2.44 bits per heavy atom. The topological polar surface area (TPSA) is 96.7 Å². The van der Waals surface area contributed by atoms with Gasteiger partial charge in [0.1, 0.15) is 15.3 Å². The largest absolute Gasteiger partial charge is 0.368 e. The molecular weight excluding hydrogens is 390 g/mol. The summed E-state index contributed by atoms with van der Waals surface area (Å²) in [4.78, 5) is 0. The minimum absolute atomic E-state index is 0.386. The van der Waals surface area contributed by atoms with Crippen LogP contribution < -0.4 is 19.4 Å². The van der Waals surface area contributed by atoms with Crippen molar-refractivity contribution < 1.29 is 33.3 Å². The fourth-order valence-corrected chi connectivity index (χ4v) is 3.88. The van der Waals surface area contributed by atoms with Crippen LogP contribution in [0.25, 0.3) is 11.8 Å². The number of nitrogens with one attached hydrogen (secondary N) is 1. The standard InChI is InChI=1S/C18H15ClN3O4S/c1-27-17-16(14-8-3-2-4-9-14)22(26-19(23,24)25)18-15-10-6-5-7-13(15)11-12-21(18)20-17/h2-12,20H,1H3/q+1. The second-order valence-corrected chi connectivity index (χ2v) is 7.41. The SMILES string of the molecule is CSC1=C(c2ccccc2)[N+](O[Cl+3]([O-])([O-])[O-])=C2c3ccccc3C=CN2N1. The minimum atomic E-state index is -4.71. The molecule has 0 atom stereocenters. The van der Waals surface area contributed by atoms with E-state index in [0.717, 1.165) is 15.9 Å². The van der Waals surface area contributed by atoms with E-state index in [1.54, 1.807) is 11.2 Å². The highest BCUT2D eigenvalue weighted by Gasteiger charge is 2.45. The van der Waals surface area contributed by atoms with E-state index in [2.05, 4.69) is 5.43 Å². The Hall–Kier alpha value is -2.49. The first-order valence-electron chi connectivity index (χ1n) is 7.92. The average molecular weight is 405 g/mol. The van der Waals surface area contributed by atoms with Gasteiger partial charge in [-0.3, -0.25) is 0 Å². The van der Waals surface area contributed by atoms with E-state index in [-0.39, 0.29) is 0 Å². The molecule has 2 heterocycles. The molecule has 0 fully saturated rings. The second kappa shape index (κ2) is 6.91. The zero-order valence-electron chi connectivity index (χ0n) is 14.2. The van der Waals surface area contributed by atoms with Gasteiger partial charge in [-0.05, 0) is 24.0 Å². The Morgan fingerprint density at radius 1 is 1.04 bits per heavy atom. The lowest BCUT2D eigenvalue weighted by molar-refractivity contribution is -1.94. The van der Waals surface area contributed by atoms with Gasteiger partial charge in [0, 0.05) is 5.56 Å². The van der Waals surface area contributed by atoms with Crippen LogP contribution in [0.3, 0.4) is 0 Å². The summed E-state index contributed by atoms with van der Waals surface area (Å²) >= 11 is 1.37. The monoisotopic (exact) mass is 404 g/mol. The first-order chi connectivity index (χ1) is 13.0. The van der Waals surface area contributed by atoms with Gasteiger partial charge in [-0.2, -0.15) is 14.0 Å². The lowest BCUT2D eigenvalue weighted by Gasteiger charge is -2.27. The van der Waals surface area contributed by atoms with Crippen molar-refractivity contribution >= 4 is 29.4 Å². The lowest BCUT2D eigenvalue weighted by atomic mass is 10.0. The zero-order chi connectivity index (χ0) is 19.0. The summed E-state index contributed by atoms with van der Waals surface area (Å²) < 4.78 is 40.5. The Balaban J connectivity index is 2.01. The molecule has 1 N–H and O–H groups in total. The van der Waals surface area contributed by atoms with Gasteiger partial charge in [0.15, 0.2) is 15.3 Å². The van der Waals surface area contributed by atoms with Gasteiger partial charge in [0.05, 0.1) is 5.56 Å². The molecule has 27 heavy (non-hydrogen) atoms. The molecule has 9 heteroatoms. The molecule has 0 amide bonds. The fourth-order valence-electron chi connectivity index (χ4n) is 3.00. The van der Waals surface area contributed by atoms with Crippen LogP contribution >= 0.6 is 11.8 Å². The van der Waals surface area contributed by atoms with Crippen LogP contribution in [0.1, 0.15) is 16.7 Å². The maximum atomic E-state index is 11.5. The predicted octanol–water partition coefficient (Wildman–Crippen LogP) is -0.232. The number of hydrazine groups is 1. The Kier molecular flexibility index (Phi) is 4.58. The van der Waals surface area contributed by atoms with Gasteiger partial charge < -0.3 is 0 Å². The molecule has 2 aliphatic heterocycles. The number of nitrogens with zero attached hydrogens (tertiary/aromatic N) is 2. The zero-order valence-corrected chi connectivity index (χ0v) is 15.7. The van der Waals surface area contributed by atoms with Crippen molar-refractivity contribution in [3.63, 3.8) is 0 Å². The fraction of sp³-hybridized carbons (Fsp3) is 0.0556. The van der Waals surface area contributed by atoms with Gasteiger partial charge in [-0.25, -0.2) is 5.43 Å². The third-order valence-corrected chi connectivity index (χ3v) is 5.07. The normalized spacial score (nSPS) is 16.1. The Bertz CT molecular complexity index is 970. The maximum absolute atomic E-state index is 11.5. The van der Waals surface area contributed by atoms with Crippen LogP contribution in [0.15, 0.2) is 65.8 Å². The molecule has 2 aliphatic rings. The van der Waals surface area contributed by atoms with Gasteiger partial charge in [-0.1, -0.05) is 48.5 Å². The molecular formula is C18H15ClN3O4S+.